The molecular formula is C11H13N3O5. The van der Waals surface area contributed by atoms with Gasteiger partial charge in [-0.25, -0.2) is 9.59 Å². The van der Waals surface area contributed by atoms with Gasteiger partial charge >= 0.3 is 12.0 Å². The predicted molar refractivity (Wildman–Crippen MR) is 67.3 cm³/mol. The number of non-ortho nitro benzene ring substituents is 1. The number of carboxylic acid groups (broad SMARTS) is 1. The number of hydrogen-bond donors (Lipinski definition) is 2. The summed E-state index contributed by atoms with van der Waals surface area (Å²) < 4.78 is 0. The molecule has 0 aliphatic heterocycles. The molecule has 0 atom stereocenters. The molecule has 19 heavy (non-hydrogen) atoms. The van der Waals surface area contributed by atoms with Crippen LogP contribution in [0.25, 0.3) is 0 Å². The van der Waals surface area contributed by atoms with Crippen LogP contribution >= 0.6 is 0 Å². The highest BCUT2D eigenvalue weighted by molar-refractivity contribution is 6.01. The largest absolute Gasteiger partial charge is 0.478 e. The SMILES string of the molecule is CC(C)N(C(N)=O)c1cc([N+](=O)[O-])ccc1C(=O)O. The van der Waals surface area contributed by atoms with E-state index in [0.29, 0.717) is 0 Å². The maximum absolute atomic E-state index is 11.4. The Bertz CT molecular complexity index is 541. The maximum Gasteiger partial charge on any atom is 0.337 e. The summed E-state index contributed by atoms with van der Waals surface area (Å²) in [5, 5.41) is 19.8. The average Bonchev–Trinajstić information content (AvgIpc) is 2.27. The lowest BCUT2D eigenvalue weighted by Crippen LogP contribution is -2.41. The van der Waals surface area contributed by atoms with E-state index in [0.717, 1.165) is 23.1 Å². The number of rotatable bonds is 4. The first-order valence-corrected chi connectivity index (χ1v) is 5.36. The first-order chi connectivity index (χ1) is 8.75. The van der Waals surface area contributed by atoms with Crippen molar-refractivity contribution in [3.8, 4) is 0 Å². The van der Waals surface area contributed by atoms with Crippen LogP contribution in [-0.4, -0.2) is 28.1 Å². The van der Waals surface area contributed by atoms with Crippen LogP contribution in [0.5, 0.6) is 0 Å². The molecule has 0 aliphatic rings. The topological polar surface area (TPSA) is 127 Å². The number of urea groups is 1. The van der Waals surface area contributed by atoms with E-state index in [1.807, 2.05) is 0 Å². The molecule has 0 aliphatic carbocycles. The highest BCUT2D eigenvalue weighted by Gasteiger charge is 2.24. The molecule has 0 fully saturated rings. The predicted octanol–water partition coefficient (Wildman–Crippen LogP) is 1.59. The van der Waals surface area contributed by atoms with E-state index in [1.54, 1.807) is 13.8 Å². The van der Waals surface area contributed by atoms with Crippen LogP contribution in [0.2, 0.25) is 0 Å². The summed E-state index contributed by atoms with van der Waals surface area (Å²) in [6.45, 7) is 3.24. The number of benzene rings is 1. The molecular weight excluding hydrogens is 254 g/mol. The first-order valence-electron chi connectivity index (χ1n) is 5.36. The summed E-state index contributed by atoms with van der Waals surface area (Å²) >= 11 is 0. The van der Waals surface area contributed by atoms with Gasteiger partial charge in [0.1, 0.15) is 0 Å². The molecule has 0 radical (unpaired) electrons. The number of nitrogens with two attached hydrogens (primary N) is 1. The standard InChI is InChI=1S/C11H13N3O5/c1-6(2)13(11(12)17)9-5-7(14(18)19)3-4-8(9)10(15)16/h3-6H,1-2H3,(H2,12,17)(H,15,16). The number of carbonyl (C=O) groups excluding carboxylic acids is 1. The summed E-state index contributed by atoms with van der Waals surface area (Å²) in [6, 6.07) is 1.85. The average molecular weight is 267 g/mol. The first kappa shape index (κ1) is 14.4. The van der Waals surface area contributed by atoms with Crippen LogP contribution in [0, 0.1) is 10.1 Å². The van der Waals surface area contributed by atoms with Crippen molar-refractivity contribution >= 4 is 23.4 Å². The van der Waals surface area contributed by atoms with Gasteiger partial charge in [-0.15, -0.1) is 0 Å². The highest BCUT2D eigenvalue weighted by Crippen LogP contribution is 2.27. The minimum Gasteiger partial charge on any atom is -0.478 e. The van der Waals surface area contributed by atoms with Crippen molar-refractivity contribution in [2.75, 3.05) is 4.90 Å². The van der Waals surface area contributed by atoms with Gasteiger partial charge < -0.3 is 10.8 Å². The van der Waals surface area contributed by atoms with E-state index < -0.39 is 23.0 Å². The number of hydrogen-bond acceptors (Lipinski definition) is 4. The van der Waals surface area contributed by atoms with E-state index in [-0.39, 0.29) is 16.9 Å². The normalized spacial score (nSPS) is 10.3. The molecule has 3 N–H and O–H groups in total. The summed E-state index contributed by atoms with van der Waals surface area (Å²) in [6.07, 6.45) is 0. The Morgan fingerprint density at radius 3 is 2.37 bits per heavy atom. The van der Waals surface area contributed by atoms with E-state index in [4.69, 9.17) is 10.8 Å². The Balaban J connectivity index is 3.51. The summed E-state index contributed by atoms with van der Waals surface area (Å²) in [4.78, 5) is 33.5. The number of nitro groups is 1. The van der Waals surface area contributed by atoms with Gasteiger partial charge in [0.05, 0.1) is 16.2 Å². The smallest absolute Gasteiger partial charge is 0.337 e. The van der Waals surface area contributed by atoms with Crippen LogP contribution in [0.4, 0.5) is 16.2 Å². The summed E-state index contributed by atoms with van der Waals surface area (Å²) in [5.74, 6) is -1.29. The van der Waals surface area contributed by atoms with Crippen LogP contribution in [0.15, 0.2) is 18.2 Å². The fraction of sp³-hybridized carbons (Fsp3) is 0.273. The lowest BCUT2D eigenvalue weighted by Gasteiger charge is -2.25. The molecule has 0 unspecified atom stereocenters. The van der Waals surface area contributed by atoms with Crippen LogP contribution < -0.4 is 10.6 Å². The Morgan fingerprint density at radius 1 is 1.42 bits per heavy atom. The third kappa shape index (κ3) is 2.97. The Labute approximate surface area is 108 Å². The second-order valence-electron chi connectivity index (χ2n) is 4.07. The van der Waals surface area contributed by atoms with E-state index in [1.165, 1.54) is 0 Å². The van der Waals surface area contributed by atoms with Crippen molar-refractivity contribution in [3.63, 3.8) is 0 Å². The van der Waals surface area contributed by atoms with Crippen molar-refractivity contribution in [2.24, 2.45) is 5.73 Å². The molecule has 0 heterocycles. The van der Waals surface area contributed by atoms with E-state index in [2.05, 4.69) is 0 Å². The van der Waals surface area contributed by atoms with Gasteiger partial charge in [-0.2, -0.15) is 0 Å². The molecule has 8 heteroatoms. The number of amides is 2. The quantitative estimate of drug-likeness (QED) is 0.632. The number of nitro benzene ring substituents is 1. The second-order valence-corrected chi connectivity index (χ2v) is 4.07. The Hall–Kier alpha value is -2.64. The molecule has 0 saturated heterocycles. The number of nitrogens with zero attached hydrogens (tertiary/aromatic N) is 2. The molecule has 0 bridgehead atoms. The highest BCUT2D eigenvalue weighted by atomic mass is 16.6. The maximum atomic E-state index is 11.4. The van der Waals surface area contributed by atoms with Crippen molar-refractivity contribution in [2.45, 2.75) is 19.9 Å². The molecule has 102 valence electrons. The molecule has 8 nitrogen and oxygen atoms in total. The van der Waals surface area contributed by atoms with Gasteiger partial charge in [-0.1, -0.05) is 0 Å². The van der Waals surface area contributed by atoms with Crippen LogP contribution in [-0.2, 0) is 0 Å². The van der Waals surface area contributed by atoms with Gasteiger partial charge in [0.2, 0.25) is 0 Å². The van der Waals surface area contributed by atoms with E-state index >= 15 is 0 Å². The molecule has 0 saturated carbocycles. The van der Waals surface area contributed by atoms with Gasteiger partial charge in [0, 0.05) is 18.2 Å². The second kappa shape index (κ2) is 5.34. The molecule has 1 aromatic rings. The summed E-state index contributed by atoms with van der Waals surface area (Å²) in [7, 11) is 0. The monoisotopic (exact) mass is 267 g/mol. The van der Waals surface area contributed by atoms with Crippen molar-refractivity contribution < 1.29 is 19.6 Å². The third-order valence-corrected chi connectivity index (χ3v) is 2.44. The number of anilines is 1. The Morgan fingerprint density at radius 2 is 2.00 bits per heavy atom. The minimum atomic E-state index is -1.29. The zero-order chi connectivity index (χ0) is 14.7. The minimum absolute atomic E-state index is 0.0933. The molecule has 0 spiro atoms. The van der Waals surface area contributed by atoms with Crippen molar-refractivity contribution in [3.05, 3.63) is 33.9 Å². The molecule has 1 rings (SSSR count). The zero-order valence-corrected chi connectivity index (χ0v) is 10.4. The van der Waals surface area contributed by atoms with E-state index in [9.17, 15) is 19.7 Å². The summed E-state index contributed by atoms with van der Waals surface area (Å²) in [5.41, 5.74) is 4.56. The van der Waals surface area contributed by atoms with Crippen LogP contribution in [0.3, 0.4) is 0 Å². The number of aromatic carboxylic acids is 1. The Kier molecular flexibility index (Phi) is 4.05. The van der Waals surface area contributed by atoms with Gasteiger partial charge in [-0.3, -0.25) is 15.0 Å². The van der Waals surface area contributed by atoms with Gasteiger partial charge in [0.15, 0.2) is 0 Å². The van der Waals surface area contributed by atoms with Gasteiger partial charge in [-0.05, 0) is 19.9 Å². The zero-order valence-electron chi connectivity index (χ0n) is 10.4. The number of carbonyl (C=O) groups is 2. The molecule has 0 aromatic heterocycles. The lowest BCUT2D eigenvalue weighted by molar-refractivity contribution is -0.384. The number of carboxylic acids is 1. The van der Waals surface area contributed by atoms with Crippen molar-refractivity contribution in [1.82, 2.24) is 0 Å². The van der Waals surface area contributed by atoms with Crippen molar-refractivity contribution in [1.29, 1.82) is 0 Å². The van der Waals surface area contributed by atoms with Crippen LogP contribution in [0.1, 0.15) is 24.2 Å². The fourth-order valence-corrected chi connectivity index (χ4v) is 1.67. The fourth-order valence-electron chi connectivity index (χ4n) is 1.67. The van der Waals surface area contributed by atoms with Gasteiger partial charge in [0.25, 0.3) is 5.69 Å². The third-order valence-electron chi connectivity index (χ3n) is 2.44. The lowest BCUT2D eigenvalue weighted by atomic mass is 10.1. The molecule has 2 amide bonds. The molecule has 1 aromatic carbocycles. The number of primary amides is 1.